The molecule has 28 heavy (non-hydrogen) atoms. The number of para-hydroxylation sites is 2. The monoisotopic (exact) mass is 373 g/mol. The largest absolute Gasteiger partial charge is 0.465 e. The van der Waals surface area contributed by atoms with Crippen molar-refractivity contribution in [1.82, 2.24) is 0 Å². The lowest BCUT2D eigenvalue weighted by Gasteiger charge is -2.27. The molecule has 0 heterocycles. The molecular weight excluding hydrogens is 350 g/mol. The zero-order valence-electron chi connectivity index (χ0n) is 15.8. The summed E-state index contributed by atoms with van der Waals surface area (Å²) in [6, 6.07) is 28.2. The van der Waals surface area contributed by atoms with Crippen LogP contribution in [0.5, 0.6) is 0 Å². The van der Waals surface area contributed by atoms with E-state index in [1.165, 1.54) is 0 Å². The molecule has 0 saturated carbocycles. The molecule has 0 aliphatic rings. The molecule has 0 aliphatic carbocycles. The van der Waals surface area contributed by atoms with Gasteiger partial charge in [0.15, 0.2) is 0 Å². The van der Waals surface area contributed by atoms with Crippen molar-refractivity contribution < 1.29 is 14.3 Å². The normalized spacial score (nSPS) is 11.5. The minimum absolute atomic E-state index is 0.230. The number of nitrogens with zero attached hydrogens (tertiary/aromatic N) is 1. The zero-order chi connectivity index (χ0) is 19.8. The Bertz CT molecular complexity index is 855. The summed E-state index contributed by atoms with van der Waals surface area (Å²) in [5, 5.41) is 0. The molecule has 4 nitrogen and oxygen atoms in total. The molecule has 3 aromatic rings. The van der Waals surface area contributed by atoms with Crippen LogP contribution in [0.3, 0.4) is 0 Å². The standard InChI is InChI=1S/C24H23NO3/c1-2-28-24(27)22(18-19-12-6-3-7-13-19)23(26)25(20-14-8-4-9-15-20)21-16-10-5-11-17-21/h3-17,22H,2,18H2,1H3/t22-/m0/s1. The molecule has 3 aromatic carbocycles. The zero-order valence-corrected chi connectivity index (χ0v) is 15.8. The van der Waals surface area contributed by atoms with Crippen LogP contribution in [-0.4, -0.2) is 18.5 Å². The third-order valence-electron chi connectivity index (χ3n) is 4.40. The summed E-state index contributed by atoms with van der Waals surface area (Å²) in [4.78, 5) is 27.9. The van der Waals surface area contributed by atoms with Crippen molar-refractivity contribution in [2.45, 2.75) is 13.3 Å². The maximum atomic E-state index is 13.6. The topological polar surface area (TPSA) is 46.6 Å². The van der Waals surface area contributed by atoms with Gasteiger partial charge in [-0.1, -0.05) is 66.7 Å². The number of rotatable bonds is 7. The predicted molar refractivity (Wildman–Crippen MR) is 110 cm³/mol. The summed E-state index contributed by atoms with van der Waals surface area (Å²) in [5.74, 6) is -1.74. The van der Waals surface area contributed by atoms with Crippen LogP contribution in [0.1, 0.15) is 12.5 Å². The van der Waals surface area contributed by atoms with Crippen LogP contribution in [0.4, 0.5) is 11.4 Å². The van der Waals surface area contributed by atoms with Crippen molar-refractivity contribution >= 4 is 23.3 Å². The maximum absolute atomic E-state index is 13.6. The van der Waals surface area contributed by atoms with Crippen molar-refractivity contribution in [2.75, 3.05) is 11.5 Å². The number of anilines is 2. The van der Waals surface area contributed by atoms with E-state index in [4.69, 9.17) is 4.74 Å². The van der Waals surface area contributed by atoms with Gasteiger partial charge in [0.05, 0.1) is 6.61 Å². The summed E-state index contributed by atoms with van der Waals surface area (Å²) in [5.41, 5.74) is 2.33. The molecule has 142 valence electrons. The highest BCUT2D eigenvalue weighted by Crippen LogP contribution is 2.28. The number of ether oxygens (including phenoxy) is 1. The van der Waals surface area contributed by atoms with Crippen LogP contribution in [0.15, 0.2) is 91.0 Å². The molecule has 3 rings (SSSR count). The van der Waals surface area contributed by atoms with E-state index >= 15 is 0 Å². The second-order valence-corrected chi connectivity index (χ2v) is 6.34. The Kier molecular flexibility index (Phi) is 6.58. The molecular formula is C24H23NO3. The van der Waals surface area contributed by atoms with Gasteiger partial charge in [0, 0.05) is 11.4 Å². The van der Waals surface area contributed by atoms with Crippen LogP contribution in [0.2, 0.25) is 0 Å². The van der Waals surface area contributed by atoms with Crippen LogP contribution in [0, 0.1) is 5.92 Å². The fourth-order valence-electron chi connectivity index (χ4n) is 3.08. The molecule has 0 N–H and O–H groups in total. The Balaban J connectivity index is 2.00. The van der Waals surface area contributed by atoms with Crippen LogP contribution >= 0.6 is 0 Å². The number of hydrogen-bond donors (Lipinski definition) is 0. The molecule has 0 radical (unpaired) electrons. The number of carbonyl (C=O) groups is 2. The summed E-state index contributed by atoms with van der Waals surface area (Å²) < 4.78 is 5.23. The molecule has 0 spiro atoms. The summed E-state index contributed by atoms with van der Waals surface area (Å²) in [7, 11) is 0. The Morgan fingerprint density at radius 2 is 1.25 bits per heavy atom. The lowest BCUT2D eigenvalue weighted by molar-refractivity contribution is -0.151. The maximum Gasteiger partial charge on any atom is 0.318 e. The van der Waals surface area contributed by atoms with Crippen LogP contribution in [-0.2, 0) is 20.7 Å². The van der Waals surface area contributed by atoms with Gasteiger partial charge < -0.3 is 4.74 Å². The third-order valence-corrected chi connectivity index (χ3v) is 4.40. The van der Waals surface area contributed by atoms with Gasteiger partial charge in [-0.15, -0.1) is 0 Å². The Hall–Kier alpha value is -3.40. The summed E-state index contributed by atoms with van der Waals surface area (Å²) in [6.45, 7) is 1.97. The number of hydrogen-bond acceptors (Lipinski definition) is 3. The van der Waals surface area contributed by atoms with Gasteiger partial charge in [0.1, 0.15) is 5.92 Å². The predicted octanol–water partition coefficient (Wildman–Crippen LogP) is 4.77. The molecule has 0 saturated heterocycles. The number of amides is 1. The quantitative estimate of drug-likeness (QED) is 0.443. The molecule has 4 heteroatoms. The van der Waals surface area contributed by atoms with Crippen molar-refractivity contribution in [3.8, 4) is 0 Å². The molecule has 0 aliphatic heterocycles. The lowest BCUT2D eigenvalue weighted by Crippen LogP contribution is -2.38. The first kappa shape index (κ1) is 19.4. The van der Waals surface area contributed by atoms with Crippen LogP contribution in [0.25, 0.3) is 0 Å². The summed E-state index contributed by atoms with van der Waals surface area (Å²) in [6.07, 6.45) is 0.286. The van der Waals surface area contributed by atoms with Gasteiger partial charge >= 0.3 is 5.97 Å². The van der Waals surface area contributed by atoms with Gasteiger partial charge in [-0.25, -0.2) is 0 Å². The molecule has 0 fully saturated rings. The molecule has 0 bridgehead atoms. The van der Waals surface area contributed by atoms with E-state index in [1.807, 2.05) is 91.0 Å². The molecule has 0 unspecified atom stereocenters. The number of benzene rings is 3. The average Bonchev–Trinajstić information content (AvgIpc) is 2.74. The van der Waals surface area contributed by atoms with Crippen LogP contribution < -0.4 is 4.90 Å². The van der Waals surface area contributed by atoms with E-state index in [0.717, 1.165) is 5.56 Å². The van der Waals surface area contributed by atoms with E-state index in [-0.39, 0.29) is 18.9 Å². The van der Waals surface area contributed by atoms with Gasteiger partial charge in [-0.05, 0) is 43.2 Å². The van der Waals surface area contributed by atoms with Crippen molar-refractivity contribution in [3.63, 3.8) is 0 Å². The molecule has 1 amide bonds. The Labute approximate surface area is 165 Å². The Morgan fingerprint density at radius 1 is 0.786 bits per heavy atom. The lowest BCUT2D eigenvalue weighted by atomic mass is 9.97. The van der Waals surface area contributed by atoms with E-state index < -0.39 is 11.9 Å². The first-order valence-corrected chi connectivity index (χ1v) is 9.35. The number of esters is 1. The highest BCUT2D eigenvalue weighted by molar-refractivity contribution is 6.10. The van der Waals surface area contributed by atoms with Gasteiger partial charge in [0.2, 0.25) is 5.91 Å². The minimum atomic E-state index is -0.928. The van der Waals surface area contributed by atoms with Crippen molar-refractivity contribution in [1.29, 1.82) is 0 Å². The SMILES string of the molecule is CCOC(=O)[C@@H](Cc1ccccc1)C(=O)N(c1ccccc1)c1ccccc1. The fourth-order valence-corrected chi connectivity index (χ4v) is 3.08. The van der Waals surface area contributed by atoms with Gasteiger partial charge in [-0.3, -0.25) is 14.5 Å². The molecule has 0 aromatic heterocycles. The fraction of sp³-hybridized carbons (Fsp3) is 0.167. The first-order chi connectivity index (χ1) is 13.7. The van der Waals surface area contributed by atoms with E-state index in [0.29, 0.717) is 11.4 Å². The number of carbonyl (C=O) groups excluding carboxylic acids is 2. The Morgan fingerprint density at radius 3 is 1.71 bits per heavy atom. The first-order valence-electron chi connectivity index (χ1n) is 9.35. The second kappa shape index (κ2) is 9.51. The minimum Gasteiger partial charge on any atom is -0.465 e. The summed E-state index contributed by atoms with van der Waals surface area (Å²) >= 11 is 0. The smallest absolute Gasteiger partial charge is 0.318 e. The van der Waals surface area contributed by atoms with Crippen molar-refractivity contribution in [3.05, 3.63) is 96.6 Å². The second-order valence-electron chi connectivity index (χ2n) is 6.34. The average molecular weight is 373 g/mol. The van der Waals surface area contributed by atoms with E-state index in [2.05, 4.69) is 0 Å². The molecule has 1 atom stereocenters. The van der Waals surface area contributed by atoms with Crippen molar-refractivity contribution in [2.24, 2.45) is 5.92 Å². The van der Waals surface area contributed by atoms with E-state index in [9.17, 15) is 9.59 Å². The highest BCUT2D eigenvalue weighted by atomic mass is 16.5. The van der Waals surface area contributed by atoms with Gasteiger partial charge in [0.25, 0.3) is 0 Å². The van der Waals surface area contributed by atoms with Gasteiger partial charge in [-0.2, -0.15) is 0 Å². The highest BCUT2D eigenvalue weighted by Gasteiger charge is 2.33. The van der Waals surface area contributed by atoms with E-state index in [1.54, 1.807) is 11.8 Å². The third kappa shape index (κ3) is 4.65.